The third-order valence-electron chi connectivity index (χ3n) is 0. The molecule has 0 spiro atoms. The van der Waals surface area contributed by atoms with Gasteiger partial charge in [-0.3, -0.25) is 0 Å². The van der Waals surface area contributed by atoms with Crippen LogP contribution in [0.2, 0.25) is 0 Å². The number of rotatable bonds is 0. The molecule has 13 heavy (non-hydrogen) atoms. The average Bonchev–Trinajstić information content (AvgIpc) is 1.60. The number of hydrogen-bond acceptors (Lipinski definition) is 0. The predicted octanol–water partition coefficient (Wildman–Crippen LogP) is 2.19. The van der Waals surface area contributed by atoms with Crippen molar-refractivity contribution in [2.75, 3.05) is 0 Å². The Morgan fingerprint density at radius 3 is 0.846 bits per heavy atom. The van der Waals surface area contributed by atoms with Crippen molar-refractivity contribution in [1.29, 1.82) is 0 Å². The molecule has 0 aliphatic heterocycles. The van der Waals surface area contributed by atoms with Crippen LogP contribution in [0.15, 0.2) is 0 Å². The summed E-state index contributed by atoms with van der Waals surface area (Å²) in [6.07, 6.45) is 0. The van der Waals surface area contributed by atoms with Gasteiger partial charge in [0.2, 0.25) is 0 Å². The van der Waals surface area contributed by atoms with Crippen molar-refractivity contribution in [2.24, 2.45) is 0 Å². The number of hydrogen-bond donors (Lipinski definition) is 0. The summed E-state index contributed by atoms with van der Waals surface area (Å²) < 4.78 is 0. The zero-order valence-corrected chi connectivity index (χ0v) is 11.9. The van der Waals surface area contributed by atoms with Gasteiger partial charge in [-0.15, -0.1) is 0 Å². The molecular formula is C6H18Cl2N2O2Pt. The molecule has 2 radical (unpaired) electrons. The molecule has 0 aliphatic rings. The Balaban J connectivity index is -0.0000000231. The second-order valence-corrected chi connectivity index (χ2v) is 5.52. The molecule has 0 saturated heterocycles. The molecule has 0 saturated carbocycles. The van der Waals surface area contributed by atoms with Gasteiger partial charge in [0.1, 0.15) is 0 Å². The monoisotopic (exact) mass is 415 g/mol. The van der Waals surface area contributed by atoms with E-state index in [0.29, 0.717) is 0 Å². The van der Waals surface area contributed by atoms with Crippen LogP contribution >= 0.6 is 18.8 Å². The van der Waals surface area contributed by atoms with E-state index in [1.807, 2.05) is 0 Å². The second kappa shape index (κ2) is 29.2. The molecule has 0 aromatic heterocycles. The molecule has 0 amide bonds. The standard InChI is InChI=1S/2C3H7N.2ClH.2H2O.Pt/c2*1-3(2)4;;;;;/h2*3H,1-2H3;2*1H;2*1H2;/q2*-1;;;;;+4/p-2. The van der Waals surface area contributed by atoms with Crippen LogP contribution in [0.25, 0.3) is 11.5 Å². The van der Waals surface area contributed by atoms with E-state index in [1.54, 1.807) is 27.7 Å². The summed E-state index contributed by atoms with van der Waals surface area (Å²) in [5.41, 5.74) is 16.1. The fourth-order valence-corrected chi connectivity index (χ4v) is 0. The molecule has 7 heteroatoms. The molecule has 4 nitrogen and oxygen atoms in total. The van der Waals surface area contributed by atoms with Crippen molar-refractivity contribution < 1.29 is 27.4 Å². The molecule has 0 fully saturated rings. The maximum atomic E-state index is 8.06. The Morgan fingerprint density at radius 1 is 0.846 bits per heavy atom. The van der Waals surface area contributed by atoms with Gasteiger partial charge >= 0.3 is 35.3 Å². The van der Waals surface area contributed by atoms with Crippen molar-refractivity contribution in [3.05, 3.63) is 11.5 Å². The molecule has 0 rings (SSSR count). The summed E-state index contributed by atoms with van der Waals surface area (Å²) in [5.74, 6) is 0. The van der Waals surface area contributed by atoms with E-state index in [9.17, 15) is 0 Å². The molecular weight excluding hydrogens is 398 g/mol. The van der Waals surface area contributed by atoms with Crippen molar-refractivity contribution in [2.45, 2.75) is 39.8 Å². The fourth-order valence-electron chi connectivity index (χ4n) is 0. The molecule has 88 valence electrons. The van der Waals surface area contributed by atoms with Gasteiger partial charge in [0.25, 0.3) is 0 Å². The SMILES string of the molecule is CC(C)[N-].CC(C)[N-].O.O.[Cl][Pt+2][Cl]. The van der Waals surface area contributed by atoms with E-state index in [-0.39, 0.29) is 23.0 Å². The van der Waals surface area contributed by atoms with Gasteiger partial charge in [0.05, 0.1) is 0 Å². The second-order valence-electron chi connectivity index (χ2n) is 2.23. The van der Waals surface area contributed by atoms with Crippen LogP contribution < -0.4 is 0 Å². The molecule has 0 heterocycles. The summed E-state index contributed by atoms with van der Waals surface area (Å²) in [7, 11) is 9.75. The van der Waals surface area contributed by atoms with E-state index < -0.39 is 16.5 Å². The van der Waals surface area contributed by atoms with Gasteiger partial charge in [0, 0.05) is 0 Å². The van der Waals surface area contributed by atoms with Gasteiger partial charge < -0.3 is 22.4 Å². The first-order valence-corrected chi connectivity index (χ1v) is 8.70. The van der Waals surface area contributed by atoms with Gasteiger partial charge in [-0.2, -0.15) is 12.1 Å². The van der Waals surface area contributed by atoms with E-state index >= 15 is 0 Å². The zero-order chi connectivity index (χ0) is 9.86. The third kappa shape index (κ3) is 1320. The van der Waals surface area contributed by atoms with Crippen LogP contribution in [-0.2, 0) is 16.5 Å². The first-order valence-electron chi connectivity index (χ1n) is 3.06. The van der Waals surface area contributed by atoms with Crippen LogP contribution in [0.3, 0.4) is 0 Å². The van der Waals surface area contributed by atoms with E-state index in [1.165, 1.54) is 0 Å². The van der Waals surface area contributed by atoms with E-state index in [2.05, 4.69) is 0 Å². The van der Waals surface area contributed by atoms with Crippen LogP contribution in [0.5, 0.6) is 0 Å². The van der Waals surface area contributed by atoms with Crippen LogP contribution in [0.1, 0.15) is 27.7 Å². The molecule has 4 N–H and O–H groups in total. The fraction of sp³-hybridized carbons (Fsp3) is 1.00. The molecule has 0 aliphatic carbocycles. The molecule has 0 aromatic rings. The molecule has 0 aromatic carbocycles. The summed E-state index contributed by atoms with van der Waals surface area (Å²) in [5, 5.41) is 0. The molecule has 0 unspecified atom stereocenters. The minimum absolute atomic E-state index is 0. The van der Waals surface area contributed by atoms with Crippen molar-refractivity contribution in [1.82, 2.24) is 0 Å². The average molecular weight is 416 g/mol. The Kier molecular flexibility index (Phi) is 65.7. The summed E-state index contributed by atoms with van der Waals surface area (Å²) in [6.45, 7) is 6.89. The number of halogens is 2. The van der Waals surface area contributed by atoms with Crippen LogP contribution in [0, 0.1) is 0 Å². The molecule has 0 bridgehead atoms. The summed E-state index contributed by atoms with van der Waals surface area (Å²) >= 11 is -0.472. The van der Waals surface area contributed by atoms with Crippen molar-refractivity contribution in [3.8, 4) is 0 Å². The first-order chi connectivity index (χ1) is 4.88. The first kappa shape index (κ1) is 29.2. The minimum atomic E-state index is -0.472. The Labute approximate surface area is 97.3 Å². The maximum absolute atomic E-state index is 8.06. The molecule has 0 atom stereocenters. The van der Waals surface area contributed by atoms with Crippen LogP contribution in [-0.4, -0.2) is 23.0 Å². The van der Waals surface area contributed by atoms with Crippen molar-refractivity contribution in [3.63, 3.8) is 0 Å². The van der Waals surface area contributed by atoms with E-state index in [4.69, 9.17) is 30.3 Å². The third-order valence-corrected chi connectivity index (χ3v) is 0. The Morgan fingerprint density at radius 2 is 0.846 bits per heavy atom. The van der Waals surface area contributed by atoms with Gasteiger partial charge in [-0.25, -0.2) is 0 Å². The van der Waals surface area contributed by atoms with Crippen LogP contribution in [0.4, 0.5) is 0 Å². The summed E-state index contributed by atoms with van der Waals surface area (Å²) in [4.78, 5) is 0. The zero-order valence-electron chi connectivity index (χ0n) is 8.12. The predicted molar refractivity (Wildman–Crippen MR) is 55.9 cm³/mol. The Hall–Kier alpha value is 1.11. The number of nitrogens with zero attached hydrogens (tertiary/aromatic N) is 2. The van der Waals surface area contributed by atoms with Gasteiger partial charge in [0.15, 0.2) is 0 Å². The Bertz CT molecular complexity index is 50.4. The van der Waals surface area contributed by atoms with Gasteiger partial charge in [-0.05, 0) is 0 Å². The quantitative estimate of drug-likeness (QED) is 0.577. The topological polar surface area (TPSA) is 108 Å². The van der Waals surface area contributed by atoms with Gasteiger partial charge in [-0.1, -0.05) is 27.7 Å². The van der Waals surface area contributed by atoms with E-state index in [0.717, 1.165) is 0 Å². The van der Waals surface area contributed by atoms with Crippen molar-refractivity contribution >= 4 is 18.8 Å². The normalized spacial score (nSPS) is 7.23. The summed E-state index contributed by atoms with van der Waals surface area (Å²) in [6, 6.07) is -0.333.